The first-order valence-electron chi connectivity index (χ1n) is 4.63. The van der Waals surface area contributed by atoms with Gasteiger partial charge in [-0.05, 0) is 6.07 Å². The van der Waals surface area contributed by atoms with Crippen LogP contribution >= 0.6 is 0 Å². The molecule has 16 heavy (non-hydrogen) atoms. The van der Waals surface area contributed by atoms with E-state index in [0.717, 1.165) is 0 Å². The number of aromatic nitrogens is 2. The van der Waals surface area contributed by atoms with Crippen LogP contribution < -0.4 is 5.32 Å². The van der Waals surface area contributed by atoms with Crippen molar-refractivity contribution >= 4 is 11.9 Å². The average Bonchev–Trinajstić information content (AvgIpc) is 2.77. The van der Waals surface area contributed by atoms with Crippen molar-refractivity contribution in [1.29, 1.82) is 0 Å². The number of rotatable bonds is 5. The maximum atomic E-state index is 11.4. The van der Waals surface area contributed by atoms with E-state index >= 15 is 0 Å². The maximum absolute atomic E-state index is 11.4. The topological polar surface area (TPSA) is 104 Å². The number of carbonyl (C=O) groups excluding carboxylic acids is 2. The molecule has 0 aliphatic carbocycles. The zero-order valence-electron chi connectivity index (χ0n) is 8.77. The van der Waals surface area contributed by atoms with Crippen molar-refractivity contribution in [2.45, 2.75) is 12.5 Å². The van der Waals surface area contributed by atoms with Crippen molar-refractivity contribution in [2.24, 2.45) is 0 Å². The van der Waals surface area contributed by atoms with Gasteiger partial charge in [-0.15, -0.1) is 0 Å². The Bertz CT molecular complexity index is 350. The molecule has 1 unspecified atom stereocenters. The number of esters is 1. The van der Waals surface area contributed by atoms with Crippen molar-refractivity contribution < 1.29 is 19.4 Å². The third kappa shape index (κ3) is 3.35. The number of carbonyl (C=O) groups is 2. The van der Waals surface area contributed by atoms with E-state index in [0.29, 0.717) is 5.69 Å². The van der Waals surface area contributed by atoms with Gasteiger partial charge in [-0.3, -0.25) is 9.89 Å². The van der Waals surface area contributed by atoms with Crippen molar-refractivity contribution in [3.05, 3.63) is 18.0 Å². The molecule has 0 radical (unpaired) electrons. The van der Waals surface area contributed by atoms with Crippen LogP contribution in [0.2, 0.25) is 0 Å². The summed E-state index contributed by atoms with van der Waals surface area (Å²) < 4.78 is 4.41. The van der Waals surface area contributed by atoms with Crippen LogP contribution in [0.5, 0.6) is 0 Å². The van der Waals surface area contributed by atoms with E-state index in [1.807, 2.05) is 0 Å². The molecule has 7 nitrogen and oxygen atoms in total. The van der Waals surface area contributed by atoms with Gasteiger partial charge in [0, 0.05) is 11.9 Å². The SMILES string of the molecule is COC(=O)C(CO)NC(=O)Cc1ccn[nH]1. The van der Waals surface area contributed by atoms with Crippen LogP contribution in [0, 0.1) is 0 Å². The summed E-state index contributed by atoms with van der Waals surface area (Å²) in [6, 6.07) is 0.617. The summed E-state index contributed by atoms with van der Waals surface area (Å²) in [5.41, 5.74) is 0.624. The van der Waals surface area contributed by atoms with E-state index in [2.05, 4.69) is 20.3 Å². The molecule has 0 fully saturated rings. The molecule has 0 aliphatic rings. The quantitative estimate of drug-likeness (QED) is 0.537. The highest BCUT2D eigenvalue weighted by Crippen LogP contribution is 1.94. The summed E-state index contributed by atoms with van der Waals surface area (Å²) in [5, 5.41) is 17.5. The molecule has 3 N–H and O–H groups in total. The van der Waals surface area contributed by atoms with Gasteiger partial charge in [-0.1, -0.05) is 0 Å². The molecule has 0 aromatic carbocycles. The van der Waals surface area contributed by atoms with Crippen molar-refractivity contribution in [1.82, 2.24) is 15.5 Å². The number of nitrogens with zero attached hydrogens (tertiary/aromatic N) is 1. The number of hydrogen-bond acceptors (Lipinski definition) is 5. The average molecular weight is 227 g/mol. The van der Waals surface area contributed by atoms with E-state index in [-0.39, 0.29) is 6.42 Å². The molecule has 1 aromatic heterocycles. The lowest BCUT2D eigenvalue weighted by molar-refractivity contribution is -0.146. The number of ether oxygens (including phenoxy) is 1. The fraction of sp³-hybridized carbons (Fsp3) is 0.444. The first kappa shape index (κ1) is 12.2. The number of H-pyrrole nitrogens is 1. The van der Waals surface area contributed by atoms with E-state index in [9.17, 15) is 9.59 Å². The van der Waals surface area contributed by atoms with Crippen molar-refractivity contribution in [3.63, 3.8) is 0 Å². The highest BCUT2D eigenvalue weighted by atomic mass is 16.5. The Morgan fingerprint density at radius 2 is 2.44 bits per heavy atom. The van der Waals surface area contributed by atoms with Crippen LogP contribution in [-0.4, -0.2) is 46.9 Å². The maximum Gasteiger partial charge on any atom is 0.330 e. The monoisotopic (exact) mass is 227 g/mol. The summed E-state index contributed by atoms with van der Waals surface area (Å²) in [7, 11) is 1.19. The molecule has 1 atom stereocenters. The Morgan fingerprint density at radius 3 is 2.94 bits per heavy atom. The second-order valence-corrected chi connectivity index (χ2v) is 3.08. The number of aliphatic hydroxyl groups is 1. The highest BCUT2D eigenvalue weighted by molar-refractivity contribution is 5.85. The Hall–Kier alpha value is -1.89. The Balaban J connectivity index is 2.46. The van der Waals surface area contributed by atoms with Gasteiger partial charge >= 0.3 is 5.97 Å². The van der Waals surface area contributed by atoms with Crippen LogP contribution in [0.15, 0.2) is 12.3 Å². The van der Waals surface area contributed by atoms with Gasteiger partial charge in [0.05, 0.1) is 20.1 Å². The molecule has 1 amide bonds. The number of aromatic amines is 1. The molecule has 0 saturated carbocycles. The minimum Gasteiger partial charge on any atom is -0.467 e. The fourth-order valence-electron chi connectivity index (χ4n) is 1.12. The van der Waals surface area contributed by atoms with E-state index in [1.54, 1.807) is 6.07 Å². The first-order chi connectivity index (χ1) is 7.67. The first-order valence-corrected chi connectivity index (χ1v) is 4.63. The molecular weight excluding hydrogens is 214 g/mol. The standard InChI is InChI=1S/C9H13N3O4/c1-16-9(15)7(5-13)11-8(14)4-6-2-3-10-12-6/h2-3,7,13H,4-5H2,1H3,(H,10,12)(H,11,14). The smallest absolute Gasteiger partial charge is 0.330 e. The van der Waals surface area contributed by atoms with Gasteiger partial charge in [0.25, 0.3) is 0 Å². The summed E-state index contributed by atoms with van der Waals surface area (Å²) in [4.78, 5) is 22.5. The number of nitrogens with one attached hydrogen (secondary N) is 2. The Morgan fingerprint density at radius 1 is 1.69 bits per heavy atom. The molecular formula is C9H13N3O4. The molecule has 0 saturated heterocycles. The van der Waals surface area contributed by atoms with Crippen molar-refractivity contribution in [2.75, 3.05) is 13.7 Å². The summed E-state index contributed by atoms with van der Waals surface area (Å²) in [6.45, 7) is -0.499. The highest BCUT2D eigenvalue weighted by Gasteiger charge is 2.20. The summed E-state index contributed by atoms with van der Waals surface area (Å²) >= 11 is 0. The molecule has 0 spiro atoms. The fourth-order valence-corrected chi connectivity index (χ4v) is 1.12. The van der Waals surface area contributed by atoms with Crippen LogP contribution in [0.4, 0.5) is 0 Å². The summed E-state index contributed by atoms with van der Waals surface area (Å²) in [6.07, 6.45) is 1.58. The minimum absolute atomic E-state index is 0.0630. The van der Waals surface area contributed by atoms with Gasteiger partial charge in [0.15, 0.2) is 6.04 Å². The van der Waals surface area contributed by atoms with Crippen LogP contribution in [0.3, 0.4) is 0 Å². The molecule has 0 aliphatic heterocycles. The second-order valence-electron chi connectivity index (χ2n) is 3.08. The van der Waals surface area contributed by atoms with Gasteiger partial charge in [0.1, 0.15) is 0 Å². The third-order valence-corrected chi connectivity index (χ3v) is 1.91. The number of methoxy groups -OCH3 is 1. The number of aliphatic hydroxyl groups excluding tert-OH is 1. The Kier molecular flexibility index (Phi) is 4.46. The zero-order valence-corrected chi connectivity index (χ0v) is 8.77. The molecule has 7 heteroatoms. The number of amides is 1. The zero-order chi connectivity index (χ0) is 12.0. The van der Waals surface area contributed by atoms with Crippen LogP contribution in [-0.2, 0) is 20.7 Å². The third-order valence-electron chi connectivity index (χ3n) is 1.91. The molecule has 1 rings (SSSR count). The lowest BCUT2D eigenvalue weighted by atomic mass is 10.2. The van der Waals surface area contributed by atoms with E-state index in [1.165, 1.54) is 13.3 Å². The lowest BCUT2D eigenvalue weighted by Gasteiger charge is -2.13. The largest absolute Gasteiger partial charge is 0.467 e. The minimum atomic E-state index is -1.03. The van der Waals surface area contributed by atoms with Crippen LogP contribution in [0.1, 0.15) is 5.69 Å². The van der Waals surface area contributed by atoms with Crippen molar-refractivity contribution in [3.8, 4) is 0 Å². The van der Waals surface area contributed by atoms with E-state index < -0.39 is 24.5 Å². The molecule has 1 aromatic rings. The Labute approximate surface area is 91.8 Å². The number of hydrogen-bond donors (Lipinski definition) is 3. The van der Waals surface area contributed by atoms with E-state index in [4.69, 9.17) is 5.11 Å². The van der Waals surface area contributed by atoms with Gasteiger partial charge in [-0.2, -0.15) is 5.10 Å². The van der Waals surface area contributed by atoms with Gasteiger partial charge in [0.2, 0.25) is 5.91 Å². The molecule has 0 bridgehead atoms. The van der Waals surface area contributed by atoms with Crippen LogP contribution in [0.25, 0.3) is 0 Å². The normalized spacial score (nSPS) is 11.9. The van der Waals surface area contributed by atoms with Gasteiger partial charge in [-0.25, -0.2) is 4.79 Å². The van der Waals surface area contributed by atoms with Gasteiger partial charge < -0.3 is 15.2 Å². The predicted molar refractivity (Wildman–Crippen MR) is 53.3 cm³/mol. The summed E-state index contributed by atoms with van der Waals surface area (Å²) in [5.74, 6) is -1.07. The predicted octanol–water partition coefficient (Wildman–Crippen LogP) is -1.40. The lowest BCUT2D eigenvalue weighted by Crippen LogP contribution is -2.44. The second kappa shape index (κ2) is 5.86. The molecule has 1 heterocycles. The molecule has 88 valence electrons.